The molecule has 0 bridgehead atoms. The molecule has 0 radical (unpaired) electrons. The molecule has 0 heterocycles. The van der Waals surface area contributed by atoms with Gasteiger partial charge < -0.3 is 5.11 Å². The van der Waals surface area contributed by atoms with Crippen LogP contribution in [0.1, 0.15) is 18.9 Å². The minimum Gasteiger partial charge on any atom is -0.385 e. The van der Waals surface area contributed by atoms with Crippen LogP contribution in [0.15, 0.2) is 24.3 Å². The third-order valence-corrected chi connectivity index (χ3v) is 3.46. The lowest BCUT2D eigenvalue weighted by atomic mass is 9.86. The number of aliphatic hydroxyl groups is 1. The first-order valence-electron chi connectivity index (χ1n) is 6.14. The molecule has 0 spiro atoms. The van der Waals surface area contributed by atoms with Gasteiger partial charge >= 0.3 is 23.9 Å². The first kappa shape index (κ1) is 20.9. The van der Waals surface area contributed by atoms with Gasteiger partial charge in [-0.1, -0.05) is 23.7 Å². The van der Waals surface area contributed by atoms with Crippen LogP contribution in [0, 0.1) is 0 Å². The summed E-state index contributed by atoms with van der Waals surface area (Å²) in [6.45, 7) is 0.564. The minimum atomic E-state index is -6.99. The van der Waals surface area contributed by atoms with E-state index in [0.29, 0.717) is 6.92 Å². The summed E-state index contributed by atoms with van der Waals surface area (Å²) >= 11 is 5.53. The van der Waals surface area contributed by atoms with Gasteiger partial charge in [-0.05, 0) is 24.6 Å². The highest BCUT2D eigenvalue weighted by Gasteiger charge is 2.81. The molecule has 1 nitrogen and oxygen atoms in total. The maximum Gasteiger partial charge on any atom is 0.460 e. The third-order valence-electron chi connectivity index (χ3n) is 3.22. The normalized spacial score (nSPS) is 16.8. The fourth-order valence-corrected chi connectivity index (χ4v) is 2.07. The third kappa shape index (κ3) is 3.58. The minimum absolute atomic E-state index is 0.0940. The predicted octanol–water partition coefficient (Wildman–Crippen LogP) is 5.41. The zero-order chi connectivity index (χ0) is 19.2. The van der Waals surface area contributed by atoms with Gasteiger partial charge in [-0.25, -0.2) is 0 Å². The zero-order valence-electron chi connectivity index (χ0n) is 11.7. The van der Waals surface area contributed by atoms with E-state index in [0.717, 1.165) is 18.2 Å². The van der Waals surface area contributed by atoms with E-state index in [1.165, 1.54) is 6.07 Å². The molecule has 0 fully saturated rings. The van der Waals surface area contributed by atoms with Crippen LogP contribution < -0.4 is 0 Å². The van der Waals surface area contributed by atoms with E-state index in [4.69, 9.17) is 11.6 Å². The van der Waals surface area contributed by atoms with Gasteiger partial charge in [0.15, 0.2) is 0 Å². The summed E-state index contributed by atoms with van der Waals surface area (Å²) in [4.78, 5) is 0. The van der Waals surface area contributed by atoms with Crippen LogP contribution in [0.25, 0.3) is 0 Å². The smallest absolute Gasteiger partial charge is 0.385 e. The highest BCUT2D eigenvalue weighted by Crippen LogP contribution is 2.55. The first-order valence-corrected chi connectivity index (χ1v) is 6.52. The van der Waals surface area contributed by atoms with Gasteiger partial charge in [-0.3, -0.25) is 0 Å². The number of hydrogen-bond donors (Lipinski definition) is 1. The Morgan fingerprint density at radius 3 is 1.83 bits per heavy atom. The Balaban J connectivity index is 3.24. The van der Waals surface area contributed by atoms with Crippen molar-refractivity contribution >= 4 is 11.6 Å². The van der Waals surface area contributed by atoms with E-state index in [1.54, 1.807) is 0 Å². The van der Waals surface area contributed by atoms with Crippen molar-refractivity contribution in [1.82, 2.24) is 0 Å². The topological polar surface area (TPSA) is 20.2 Å². The van der Waals surface area contributed by atoms with Crippen LogP contribution in [0.5, 0.6) is 0 Å². The lowest BCUT2D eigenvalue weighted by molar-refractivity contribution is -0.400. The Bertz CT molecular complexity index is 595. The molecule has 1 atom stereocenters. The molecule has 1 aromatic rings. The average molecular weight is 389 g/mol. The van der Waals surface area contributed by atoms with Gasteiger partial charge in [-0.2, -0.15) is 39.5 Å². The molecule has 0 aromatic heterocycles. The predicted molar refractivity (Wildman–Crippen MR) is 66.5 cm³/mol. The van der Waals surface area contributed by atoms with Gasteiger partial charge in [-0.15, -0.1) is 0 Å². The van der Waals surface area contributed by atoms with E-state index >= 15 is 0 Å². The zero-order valence-corrected chi connectivity index (χ0v) is 12.5. The number of alkyl halides is 9. The Kier molecular flexibility index (Phi) is 5.20. The maximum absolute atomic E-state index is 13.6. The van der Waals surface area contributed by atoms with Crippen molar-refractivity contribution in [2.45, 2.75) is 42.9 Å². The Labute approximate surface area is 135 Å². The molecular weight excluding hydrogens is 379 g/mol. The van der Waals surface area contributed by atoms with Crippen LogP contribution >= 0.6 is 11.6 Å². The number of halogens is 10. The van der Waals surface area contributed by atoms with E-state index in [9.17, 15) is 44.6 Å². The van der Waals surface area contributed by atoms with Crippen LogP contribution in [0.3, 0.4) is 0 Å². The van der Waals surface area contributed by atoms with Crippen molar-refractivity contribution in [2.75, 3.05) is 0 Å². The number of rotatable bonds is 5. The van der Waals surface area contributed by atoms with Crippen LogP contribution in [-0.4, -0.2) is 29.1 Å². The maximum atomic E-state index is 13.6. The quantitative estimate of drug-likeness (QED) is 0.669. The first-order chi connectivity index (χ1) is 10.5. The monoisotopic (exact) mass is 388 g/mol. The number of benzene rings is 1. The SMILES string of the molecule is CC(O)(CC(F)(F)C(F)(F)C(F)(F)C(F)(F)F)c1cccc(Cl)c1. The summed E-state index contributed by atoms with van der Waals surface area (Å²) in [5, 5.41) is 9.79. The second kappa shape index (κ2) is 5.98. The van der Waals surface area contributed by atoms with E-state index in [1.807, 2.05) is 0 Å². The Morgan fingerprint density at radius 2 is 1.42 bits per heavy atom. The molecule has 0 aliphatic heterocycles. The highest BCUT2D eigenvalue weighted by molar-refractivity contribution is 6.30. The standard InChI is InChI=1S/C13H10ClF9O/c1-9(24,7-3-2-4-8(14)5-7)6-10(15,16)11(17,18)12(19,20)13(21,22)23/h2-5,24H,6H2,1H3. The Morgan fingerprint density at radius 1 is 0.917 bits per heavy atom. The molecule has 0 aliphatic rings. The van der Waals surface area contributed by atoms with E-state index in [2.05, 4.69) is 0 Å². The van der Waals surface area contributed by atoms with Gasteiger partial charge in [0.2, 0.25) is 0 Å². The van der Waals surface area contributed by atoms with Crippen molar-refractivity contribution < 1.29 is 44.6 Å². The summed E-state index contributed by atoms with van der Waals surface area (Å²) in [6.07, 6.45) is -9.29. The van der Waals surface area contributed by atoms with Crippen molar-refractivity contribution in [3.05, 3.63) is 34.9 Å². The van der Waals surface area contributed by atoms with Gasteiger partial charge in [0.05, 0.1) is 12.0 Å². The molecule has 1 N–H and O–H groups in total. The molecule has 24 heavy (non-hydrogen) atoms. The van der Waals surface area contributed by atoms with E-state index < -0.39 is 41.5 Å². The molecule has 1 aromatic carbocycles. The summed E-state index contributed by atoms with van der Waals surface area (Å²) < 4.78 is 115. The fraction of sp³-hybridized carbons (Fsp3) is 0.538. The van der Waals surface area contributed by atoms with E-state index in [-0.39, 0.29) is 5.02 Å². The molecule has 1 rings (SSSR count). The fourth-order valence-electron chi connectivity index (χ4n) is 1.88. The van der Waals surface area contributed by atoms with Crippen LogP contribution in [0.4, 0.5) is 39.5 Å². The van der Waals surface area contributed by atoms with Crippen molar-refractivity contribution in [3.8, 4) is 0 Å². The van der Waals surface area contributed by atoms with Crippen LogP contribution in [0.2, 0.25) is 5.02 Å². The number of hydrogen-bond acceptors (Lipinski definition) is 1. The molecule has 0 saturated heterocycles. The highest BCUT2D eigenvalue weighted by atomic mass is 35.5. The second-order valence-corrected chi connectivity index (χ2v) is 5.75. The molecule has 138 valence electrons. The summed E-state index contributed by atoms with van der Waals surface area (Å²) in [5.74, 6) is -19.6. The van der Waals surface area contributed by atoms with Crippen molar-refractivity contribution in [3.63, 3.8) is 0 Å². The molecule has 11 heteroatoms. The molecule has 0 amide bonds. The summed E-state index contributed by atoms with van der Waals surface area (Å²) in [7, 11) is 0. The van der Waals surface area contributed by atoms with Crippen LogP contribution in [-0.2, 0) is 5.60 Å². The van der Waals surface area contributed by atoms with Gasteiger partial charge in [0, 0.05) is 5.02 Å². The summed E-state index contributed by atoms with van der Waals surface area (Å²) in [6, 6.07) is 4.25. The molecule has 0 saturated carbocycles. The van der Waals surface area contributed by atoms with Gasteiger partial charge in [0.1, 0.15) is 0 Å². The largest absolute Gasteiger partial charge is 0.460 e. The lowest BCUT2D eigenvalue weighted by Gasteiger charge is -2.37. The molecule has 1 unspecified atom stereocenters. The molecule has 0 aliphatic carbocycles. The second-order valence-electron chi connectivity index (χ2n) is 5.31. The van der Waals surface area contributed by atoms with Gasteiger partial charge in [0.25, 0.3) is 0 Å². The average Bonchev–Trinajstić information content (AvgIpc) is 2.35. The van der Waals surface area contributed by atoms with Crippen molar-refractivity contribution in [2.24, 2.45) is 0 Å². The summed E-state index contributed by atoms with van der Waals surface area (Å²) in [5.41, 5.74) is -3.31. The van der Waals surface area contributed by atoms with Crippen molar-refractivity contribution in [1.29, 1.82) is 0 Å². The molecular formula is C13H10ClF9O. The lowest BCUT2D eigenvalue weighted by Crippen LogP contribution is -2.62. The Hall–Kier alpha value is -1.16.